The topological polar surface area (TPSA) is 88.3 Å². The number of benzene rings is 1. The fourth-order valence-corrected chi connectivity index (χ4v) is 3.99. The van der Waals surface area contributed by atoms with Crippen molar-refractivity contribution in [2.45, 2.75) is 12.1 Å². The molecule has 3 rings (SSSR count). The summed E-state index contributed by atoms with van der Waals surface area (Å²) in [6, 6.07) is 7.72. The first-order valence-electron chi connectivity index (χ1n) is 7.80. The minimum atomic E-state index is -0.171. The van der Waals surface area contributed by atoms with Crippen molar-refractivity contribution in [1.82, 2.24) is 20.4 Å². The van der Waals surface area contributed by atoms with Gasteiger partial charge >= 0.3 is 0 Å². The fourth-order valence-electron chi connectivity index (χ4n) is 2.27. The highest BCUT2D eigenvalue weighted by Gasteiger charge is 2.25. The lowest BCUT2D eigenvalue weighted by Gasteiger charge is -2.14. The van der Waals surface area contributed by atoms with E-state index >= 15 is 0 Å². The summed E-state index contributed by atoms with van der Waals surface area (Å²) >= 11 is 7.60. The van der Waals surface area contributed by atoms with Gasteiger partial charge in [0.2, 0.25) is 17.7 Å². The van der Waals surface area contributed by atoms with Crippen molar-refractivity contribution in [1.29, 1.82) is 0 Å². The van der Waals surface area contributed by atoms with E-state index in [9.17, 15) is 9.59 Å². The molecule has 0 atom stereocenters. The third kappa shape index (κ3) is 4.63. The highest BCUT2D eigenvalue weighted by molar-refractivity contribution is 8.23. The number of aryl methyl sites for hydroxylation is 1. The first kappa shape index (κ1) is 18.9. The summed E-state index contributed by atoms with van der Waals surface area (Å²) in [5, 5.41) is 11.1. The van der Waals surface area contributed by atoms with Crippen LogP contribution in [0.5, 0.6) is 0 Å². The lowest BCUT2D eigenvalue weighted by molar-refractivity contribution is -0.124. The second kappa shape index (κ2) is 8.65. The van der Waals surface area contributed by atoms with Crippen LogP contribution in [0.25, 0.3) is 11.5 Å². The Morgan fingerprint density at radius 3 is 2.96 bits per heavy atom. The number of hydrogen-bond donors (Lipinski definition) is 1. The van der Waals surface area contributed by atoms with Crippen LogP contribution < -0.4 is 5.32 Å². The quantitative estimate of drug-likeness (QED) is 0.551. The van der Waals surface area contributed by atoms with E-state index in [4.69, 9.17) is 16.6 Å². The molecule has 0 aliphatic carbocycles. The average Bonchev–Trinajstić information content (AvgIpc) is 3.22. The number of aromatic nitrogens is 2. The summed E-state index contributed by atoms with van der Waals surface area (Å²) in [7, 11) is 0. The Bertz CT molecular complexity index is 824. The van der Waals surface area contributed by atoms with Crippen LogP contribution in [-0.2, 0) is 9.59 Å². The summed E-state index contributed by atoms with van der Waals surface area (Å²) in [6.07, 6.45) is 0. The highest BCUT2D eigenvalue weighted by atomic mass is 32.2. The molecule has 1 aliphatic rings. The van der Waals surface area contributed by atoms with E-state index in [2.05, 4.69) is 15.5 Å². The molecule has 2 heterocycles. The van der Waals surface area contributed by atoms with Crippen molar-refractivity contribution in [3.8, 4) is 11.5 Å². The Morgan fingerprint density at radius 2 is 2.23 bits per heavy atom. The molecule has 0 spiro atoms. The summed E-state index contributed by atoms with van der Waals surface area (Å²) < 4.78 is 6.17. The minimum absolute atomic E-state index is 0.0155. The Kier molecular flexibility index (Phi) is 6.28. The third-order valence-corrected chi connectivity index (χ3v) is 5.86. The number of hydrogen-bond acceptors (Lipinski definition) is 8. The van der Waals surface area contributed by atoms with Crippen molar-refractivity contribution >= 4 is 51.9 Å². The standard InChI is InChI=1S/C16H16N4O3S3/c1-10-4-2-3-5-11(10)14-18-19-15(23-14)25-8-12(21)17-6-7-20-13(22)9-26-16(20)24/h2-5H,6-9H2,1H3,(H,17,21). The first-order valence-corrected chi connectivity index (χ1v) is 10.2. The van der Waals surface area contributed by atoms with Crippen molar-refractivity contribution < 1.29 is 14.0 Å². The number of amides is 2. The number of thiocarbonyl (C=S) groups is 1. The van der Waals surface area contributed by atoms with Crippen LogP contribution >= 0.6 is 35.7 Å². The van der Waals surface area contributed by atoms with Crippen molar-refractivity contribution in [3.05, 3.63) is 29.8 Å². The minimum Gasteiger partial charge on any atom is -0.411 e. The zero-order valence-electron chi connectivity index (χ0n) is 13.9. The SMILES string of the molecule is Cc1ccccc1-c1nnc(SCC(=O)NCCN2C(=O)CSC2=S)o1. The van der Waals surface area contributed by atoms with Gasteiger partial charge in [-0.1, -0.05) is 53.9 Å². The van der Waals surface area contributed by atoms with Crippen molar-refractivity contribution in [3.63, 3.8) is 0 Å². The van der Waals surface area contributed by atoms with Gasteiger partial charge in [-0.15, -0.1) is 10.2 Å². The molecular formula is C16H16N4O3S3. The van der Waals surface area contributed by atoms with Crippen LogP contribution in [0.1, 0.15) is 5.56 Å². The van der Waals surface area contributed by atoms with E-state index in [1.807, 2.05) is 31.2 Å². The molecule has 1 N–H and O–H groups in total. The van der Waals surface area contributed by atoms with E-state index < -0.39 is 0 Å². The van der Waals surface area contributed by atoms with Crippen LogP contribution in [-0.4, -0.2) is 55.8 Å². The Morgan fingerprint density at radius 1 is 1.42 bits per heavy atom. The Hall–Kier alpha value is -1.91. The van der Waals surface area contributed by atoms with Gasteiger partial charge in [0.05, 0.1) is 11.5 Å². The predicted octanol–water partition coefficient (Wildman–Crippen LogP) is 2.11. The Balaban J connectivity index is 1.44. The van der Waals surface area contributed by atoms with E-state index in [-0.39, 0.29) is 17.6 Å². The van der Waals surface area contributed by atoms with Crippen LogP contribution in [0.2, 0.25) is 0 Å². The van der Waals surface area contributed by atoms with Crippen LogP contribution in [0, 0.1) is 6.92 Å². The molecule has 1 aromatic heterocycles. The van der Waals surface area contributed by atoms with Gasteiger partial charge in [-0.05, 0) is 18.6 Å². The first-order chi connectivity index (χ1) is 12.5. The van der Waals surface area contributed by atoms with Crippen LogP contribution in [0.15, 0.2) is 33.9 Å². The number of carbonyl (C=O) groups excluding carboxylic acids is 2. The zero-order chi connectivity index (χ0) is 18.5. The lowest BCUT2D eigenvalue weighted by atomic mass is 10.1. The van der Waals surface area contributed by atoms with Gasteiger partial charge < -0.3 is 9.73 Å². The summed E-state index contributed by atoms with van der Waals surface area (Å²) in [5.41, 5.74) is 1.92. The third-order valence-electron chi connectivity index (χ3n) is 3.61. The molecule has 1 saturated heterocycles. The van der Waals surface area contributed by atoms with E-state index in [1.165, 1.54) is 28.4 Å². The molecule has 0 bridgehead atoms. The summed E-state index contributed by atoms with van der Waals surface area (Å²) in [5.74, 6) is 0.782. The number of carbonyl (C=O) groups is 2. The fraction of sp³-hybridized carbons (Fsp3) is 0.312. The molecule has 0 unspecified atom stereocenters. The molecule has 10 heteroatoms. The second-order valence-corrected chi connectivity index (χ2v) is 7.96. The van der Waals surface area contributed by atoms with Gasteiger partial charge in [-0.25, -0.2) is 0 Å². The van der Waals surface area contributed by atoms with Crippen LogP contribution in [0.4, 0.5) is 0 Å². The molecule has 2 amide bonds. The molecular weight excluding hydrogens is 392 g/mol. The second-order valence-electron chi connectivity index (χ2n) is 5.43. The maximum absolute atomic E-state index is 11.9. The predicted molar refractivity (Wildman–Crippen MR) is 105 cm³/mol. The zero-order valence-corrected chi connectivity index (χ0v) is 16.4. The van der Waals surface area contributed by atoms with Gasteiger partial charge in [0.15, 0.2) is 0 Å². The number of nitrogens with one attached hydrogen (secondary N) is 1. The van der Waals surface area contributed by atoms with E-state index in [0.29, 0.717) is 34.3 Å². The monoisotopic (exact) mass is 408 g/mol. The number of nitrogens with zero attached hydrogens (tertiary/aromatic N) is 3. The number of thioether (sulfide) groups is 2. The molecule has 0 radical (unpaired) electrons. The average molecular weight is 409 g/mol. The maximum Gasteiger partial charge on any atom is 0.277 e. The normalized spacial score (nSPS) is 14.1. The molecule has 7 nitrogen and oxygen atoms in total. The molecule has 26 heavy (non-hydrogen) atoms. The molecule has 1 aromatic carbocycles. The lowest BCUT2D eigenvalue weighted by Crippen LogP contribution is -2.37. The van der Waals surface area contributed by atoms with Crippen LogP contribution in [0.3, 0.4) is 0 Å². The van der Waals surface area contributed by atoms with Crippen molar-refractivity contribution in [2.75, 3.05) is 24.6 Å². The highest BCUT2D eigenvalue weighted by Crippen LogP contribution is 2.25. The smallest absolute Gasteiger partial charge is 0.277 e. The van der Waals surface area contributed by atoms with E-state index in [0.717, 1.165) is 11.1 Å². The van der Waals surface area contributed by atoms with Gasteiger partial charge in [0, 0.05) is 18.7 Å². The van der Waals surface area contributed by atoms with Gasteiger partial charge in [-0.3, -0.25) is 14.5 Å². The van der Waals surface area contributed by atoms with E-state index in [1.54, 1.807) is 0 Å². The molecule has 2 aromatic rings. The summed E-state index contributed by atoms with van der Waals surface area (Å²) in [6.45, 7) is 2.71. The molecule has 0 saturated carbocycles. The van der Waals surface area contributed by atoms with Gasteiger partial charge in [0.1, 0.15) is 4.32 Å². The maximum atomic E-state index is 11.9. The largest absolute Gasteiger partial charge is 0.411 e. The Labute approximate surface area is 164 Å². The summed E-state index contributed by atoms with van der Waals surface area (Å²) in [4.78, 5) is 25.0. The van der Waals surface area contributed by atoms with Crippen molar-refractivity contribution in [2.24, 2.45) is 0 Å². The van der Waals surface area contributed by atoms with Gasteiger partial charge in [0.25, 0.3) is 5.22 Å². The number of rotatable bonds is 7. The van der Waals surface area contributed by atoms with Gasteiger partial charge in [-0.2, -0.15) is 0 Å². The molecule has 136 valence electrons. The molecule has 1 fully saturated rings. The molecule has 1 aliphatic heterocycles.